The third-order valence-electron chi connectivity index (χ3n) is 5.31. The molecule has 0 aromatic heterocycles. The van der Waals surface area contributed by atoms with E-state index in [0.717, 1.165) is 11.1 Å². The summed E-state index contributed by atoms with van der Waals surface area (Å²) in [6.45, 7) is 1.37. The number of carbonyl (C=O) groups excluding carboxylic acids is 2. The number of carbonyl (C=O) groups is 2. The molecule has 7 heteroatoms. The average Bonchev–Trinajstić information content (AvgIpc) is 3.12. The minimum absolute atomic E-state index is 0.0132. The molecule has 0 spiro atoms. The Balaban J connectivity index is 1.46. The second-order valence-electron chi connectivity index (χ2n) is 7.35. The second kappa shape index (κ2) is 10.1. The van der Waals surface area contributed by atoms with E-state index in [1.165, 1.54) is 12.1 Å². The van der Waals surface area contributed by atoms with Crippen molar-refractivity contribution < 1.29 is 23.5 Å². The van der Waals surface area contributed by atoms with Crippen LogP contribution in [-0.2, 0) is 22.4 Å². The van der Waals surface area contributed by atoms with Gasteiger partial charge in [-0.2, -0.15) is 0 Å². The summed E-state index contributed by atoms with van der Waals surface area (Å²) in [5.41, 5.74) is 1.86. The predicted octanol–water partition coefficient (Wildman–Crippen LogP) is 2.59. The highest BCUT2D eigenvalue weighted by Gasteiger charge is 2.33. The highest BCUT2D eigenvalue weighted by molar-refractivity contribution is 5.89. The summed E-state index contributed by atoms with van der Waals surface area (Å²) in [5, 5.41) is 2.86. The summed E-state index contributed by atoms with van der Waals surface area (Å²) in [5.74, 6) is 0.529. The zero-order valence-electron chi connectivity index (χ0n) is 17.3. The van der Waals surface area contributed by atoms with Crippen molar-refractivity contribution in [2.24, 2.45) is 5.92 Å². The van der Waals surface area contributed by atoms with Gasteiger partial charge in [0.1, 0.15) is 5.82 Å². The molecule has 0 aliphatic carbocycles. The molecule has 1 aliphatic rings. The van der Waals surface area contributed by atoms with E-state index in [1.807, 2.05) is 24.3 Å². The van der Waals surface area contributed by atoms with Gasteiger partial charge in [0.15, 0.2) is 11.5 Å². The molecule has 1 unspecified atom stereocenters. The topological polar surface area (TPSA) is 67.9 Å². The highest BCUT2D eigenvalue weighted by Crippen LogP contribution is 2.28. The fourth-order valence-corrected chi connectivity index (χ4v) is 3.63. The Morgan fingerprint density at radius 3 is 2.60 bits per heavy atom. The van der Waals surface area contributed by atoms with Crippen LogP contribution in [0, 0.1) is 11.7 Å². The summed E-state index contributed by atoms with van der Waals surface area (Å²) in [6.07, 6.45) is 1.44. The van der Waals surface area contributed by atoms with Gasteiger partial charge in [-0.05, 0) is 48.2 Å². The van der Waals surface area contributed by atoms with Crippen molar-refractivity contribution in [3.05, 3.63) is 59.4 Å². The van der Waals surface area contributed by atoms with Crippen molar-refractivity contribution in [2.45, 2.75) is 19.3 Å². The number of benzene rings is 2. The lowest BCUT2D eigenvalue weighted by molar-refractivity contribution is -0.129. The molecule has 0 radical (unpaired) electrons. The van der Waals surface area contributed by atoms with Gasteiger partial charge in [-0.1, -0.05) is 18.2 Å². The lowest BCUT2D eigenvalue weighted by atomic mass is 10.1. The van der Waals surface area contributed by atoms with Crippen LogP contribution in [0.25, 0.3) is 0 Å². The van der Waals surface area contributed by atoms with Crippen LogP contribution in [0.1, 0.15) is 17.5 Å². The number of methoxy groups -OCH3 is 2. The van der Waals surface area contributed by atoms with Gasteiger partial charge in [0, 0.05) is 26.1 Å². The van der Waals surface area contributed by atoms with Crippen LogP contribution in [0.15, 0.2) is 42.5 Å². The Morgan fingerprint density at radius 2 is 1.87 bits per heavy atom. The molecule has 1 atom stereocenters. The molecule has 160 valence electrons. The van der Waals surface area contributed by atoms with Gasteiger partial charge in [0.05, 0.1) is 20.1 Å². The number of amides is 2. The second-order valence-corrected chi connectivity index (χ2v) is 7.35. The fraction of sp³-hybridized carbons (Fsp3) is 0.391. The minimum atomic E-state index is -0.351. The number of ether oxygens (including phenoxy) is 2. The Morgan fingerprint density at radius 1 is 1.10 bits per heavy atom. The van der Waals surface area contributed by atoms with E-state index in [4.69, 9.17) is 9.47 Å². The maximum absolute atomic E-state index is 13.2. The van der Waals surface area contributed by atoms with E-state index in [0.29, 0.717) is 44.0 Å². The van der Waals surface area contributed by atoms with Crippen LogP contribution in [0.4, 0.5) is 4.39 Å². The highest BCUT2D eigenvalue weighted by atomic mass is 19.1. The van der Waals surface area contributed by atoms with Gasteiger partial charge in [0.25, 0.3) is 0 Å². The Hall–Kier alpha value is -3.09. The lowest BCUT2D eigenvalue weighted by Gasteiger charge is -2.17. The van der Waals surface area contributed by atoms with Crippen LogP contribution < -0.4 is 14.8 Å². The normalized spacial score (nSPS) is 15.9. The third-order valence-corrected chi connectivity index (χ3v) is 5.31. The van der Waals surface area contributed by atoms with E-state index in [9.17, 15) is 14.0 Å². The summed E-state index contributed by atoms with van der Waals surface area (Å²) in [6, 6.07) is 12.0. The zero-order valence-corrected chi connectivity index (χ0v) is 17.3. The molecule has 2 aromatic carbocycles. The maximum atomic E-state index is 13.2. The van der Waals surface area contributed by atoms with Crippen molar-refractivity contribution in [2.75, 3.05) is 33.9 Å². The third kappa shape index (κ3) is 5.49. The van der Waals surface area contributed by atoms with Gasteiger partial charge in [-0.25, -0.2) is 4.39 Å². The zero-order chi connectivity index (χ0) is 21.5. The van der Waals surface area contributed by atoms with Crippen LogP contribution in [0.5, 0.6) is 11.5 Å². The van der Waals surface area contributed by atoms with E-state index < -0.39 is 0 Å². The number of nitrogens with one attached hydrogen (secondary N) is 1. The largest absolute Gasteiger partial charge is 0.493 e. The summed E-state index contributed by atoms with van der Waals surface area (Å²) >= 11 is 0. The molecule has 6 nitrogen and oxygen atoms in total. The van der Waals surface area contributed by atoms with Crippen molar-refractivity contribution in [3.8, 4) is 11.5 Å². The summed E-state index contributed by atoms with van der Waals surface area (Å²) in [4.78, 5) is 26.5. The number of hydrogen-bond donors (Lipinski definition) is 1. The van der Waals surface area contributed by atoms with Crippen LogP contribution in [0.2, 0.25) is 0 Å². The number of hydrogen-bond acceptors (Lipinski definition) is 4. The number of halogens is 1. The first kappa shape index (κ1) is 21.6. The predicted molar refractivity (Wildman–Crippen MR) is 111 cm³/mol. The van der Waals surface area contributed by atoms with Gasteiger partial charge in [-0.3, -0.25) is 9.59 Å². The van der Waals surface area contributed by atoms with Crippen LogP contribution in [0.3, 0.4) is 0 Å². The Kier molecular flexibility index (Phi) is 7.27. The molecule has 2 aromatic rings. The molecule has 1 heterocycles. The molecule has 1 N–H and O–H groups in total. The molecule has 1 fully saturated rings. The van der Waals surface area contributed by atoms with Gasteiger partial charge in [0.2, 0.25) is 11.8 Å². The number of nitrogens with zero attached hydrogens (tertiary/aromatic N) is 1. The van der Waals surface area contributed by atoms with E-state index in [2.05, 4.69) is 5.32 Å². The standard InChI is InChI=1S/C23H27FN2O4/c1-29-20-7-6-17(13-21(20)30-2)9-11-26-15-18(14-22(26)27)23(28)25-10-8-16-4-3-5-19(24)12-16/h3-7,12-13,18H,8-11,14-15H2,1-2H3,(H,25,28). The molecular formula is C23H27FN2O4. The van der Waals surface area contributed by atoms with Gasteiger partial charge < -0.3 is 19.7 Å². The number of rotatable bonds is 9. The summed E-state index contributed by atoms with van der Waals surface area (Å²) in [7, 11) is 3.17. The van der Waals surface area contributed by atoms with Gasteiger partial charge in [-0.15, -0.1) is 0 Å². The van der Waals surface area contributed by atoms with Crippen LogP contribution in [-0.4, -0.2) is 50.6 Å². The van der Waals surface area contributed by atoms with E-state index >= 15 is 0 Å². The Labute approximate surface area is 176 Å². The summed E-state index contributed by atoms with van der Waals surface area (Å²) < 4.78 is 23.8. The quantitative estimate of drug-likeness (QED) is 0.685. The van der Waals surface area contributed by atoms with Crippen molar-refractivity contribution in [1.82, 2.24) is 10.2 Å². The van der Waals surface area contributed by atoms with Crippen molar-refractivity contribution in [3.63, 3.8) is 0 Å². The molecule has 0 bridgehead atoms. The molecule has 2 amide bonds. The first-order valence-electron chi connectivity index (χ1n) is 10.0. The minimum Gasteiger partial charge on any atom is -0.493 e. The first-order chi connectivity index (χ1) is 14.5. The monoisotopic (exact) mass is 414 g/mol. The SMILES string of the molecule is COc1ccc(CCN2CC(C(=O)NCCc3cccc(F)c3)CC2=O)cc1OC. The smallest absolute Gasteiger partial charge is 0.225 e. The van der Waals surface area contributed by atoms with Crippen molar-refractivity contribution >= 4 is 11.8 Å². The molecule has 30 heavy (non-hydrogen) atoms. The lowest BCUT2D eigenvalue weighted by Crippen LogP contribution is -2.34. The maximum Gasteiger partial charge on any atom is 0.225 e. The van der Waals surface area contributed by atoms with Crippen molar-refractivity contribution in [1.29, 1.82) is 0 Å². The average molecular weight is 414 g/mol. The molecule has 3 rings (SSSR count). The van der Waals surface area contributed by atoms with Gasteiger partial charge >= 0.3 is 0 Å². The molecule has 1 saturated heterocycles. The van der Waals surface area contributed by atoms with Crippen LogP contribution >= 0.6 is 0 Å². The number of likely N-dealkylation sites (tertiary alicyclic amines) is 1. The molecular weight excluding hydrogens is 387 g/mol. The molecule has 0 saturated carbocycles. The fourth-order valence-electron chi connectivity index (χ4n) is 3.63. The van der Waals surface area contributed by atoms with E-state index in [-0.39, 0.29) is 30.0 Å². The Bertz CT molecular complexity index is 903. The molecule has 1 aliphatic heterocycles. The van der Waals surface area contributed by atoms with E-state index in [1.54, 1.807) is 25.2 Å². The first-order valence-corrected chi connectivity index (χ1v) is 10.0.